The van der Waals surface area contributed by atoms with E-state index in [2.05, 4.69) is 13.0 Å². The summed E-state index contributed by atoms with van der Waals surface area (Å²) in [7, 11) is 1.68. The largest absolute Gasteiger partial charge is 0.384 e. The molecular formula is C19H26FN2O2S+. The number of hydrogen-bond acceptors (Lipinski definition) is 3. The first-order valence-electron chi connectivity index (χ1n) is 8.46. The van der Waals surface area contributed by atoms with Crippen LogP contribution in [0.25, 0.3) is 0 Å². The second-order valence-corrected chi connectivity index (χ2v) is 7.03. The predicted octanol–water partition coefficient (Wildman–Crippen LogP) is 2.32. The van der Waals surface area contributed by atoms with Crippen molar-refractivity contribution in [2.24, 2.45) is 0 Å². The minimum absolute atomic E-state index is 0.0922. The molecule has 0 aliphatic heterocycles. The molecule has 0 radical (unpaired) electrons. The fraction of sp³-hybridized carbons (Fsp3) is 0.421. The first-order valence-corrected chi connectivity index (χ1v) is 9.34. The summed E-state index contributed by atoms with van der Waals surface area (Å²) in [4.78, 5) is 15.7. The number of nitrogens with two attached hydrogens (primary N) is 1. The van der Waals surface area contributed by atoms with Crippen LogP contribution in [0.5, 0.6) is 0 Å². The lowest BCUT2D eigenvalue weighted by molar-refractivity contribution is -0.645. The van der Waals surface area contributed by atoms with E-state index in [0.29, 0.717) is 26.2 Å². The van der Waals surface area contributed by atoms with Crippen molar-refractivity contribution in [1.29, 1.82) is 0 Å². The third-order valence-electron chi connectivity index (χ3n) is 4.02. The fourth-order valence-corrected chi connectivity index (χ4v) is 3.43. The van der Waals surface area contributed by atoms with Gasteiger partial charge in [0, 0.05) is 25.0 Å². The zero-order chi connectivity index (χ0) is 18.1. The summed E-state index contributed by atoms with van der Waals surface area (Å²) in [6.45, 7) is 5.12. The van der Waals surface area contributed by atoms with Crippen molar-refractivity contribution in [2.75, 3.05) is 26.8 Å². The highest BCUT2D eigenvalue weighted by atomic mass is 32.1. The van der Waals surface area contributed by atoms with Crippen LogP contribution in [-0.2, 0) is 22.6 Å². The standard InChI is InChI=1S/C19H25FN2O2S/c1-15-8-11-25-18(15)14-22(13-16-4-6-17(20)7-5-16)19(23)12-21-9-3-10-24-2/h4-8,11,21H,3,9-10,12-14H2,1-2H3/p+1. The Labute approximate surface area is 152 Å². The molecule has 2 aromatic rings. The highest BCUT2D eigenvalue weighted by Gasteiger charge is 2.17. The molecule has 0 saturated heterocycles. The van der Waals surface area contributed by atoms with Crippen molar-refractivity contribution in [3.63, 3.8) is 0 Å². The van der Waals surface area contributed by atoms with E-state index < -0.39 is 0 Å². The lowest BCUT2D eigenvalue weighted by Gasteiger charge is -2.22. The van der Waals surface area contributed by atoms with Gasteiger partial charge in [-0.3, -0.25) is 4.79 Å². The number of aryl methyl sites for hydroxylation is 1. The Morgan fingerprint density at radius 1 is 1.24 bits per heavy atom. The maximum Gasteiger partial charge on any atom is 0.278 e. The summed E-state index contributed by atoms with van der Waals surface area (Å²) >= 11 is 1.66. The van der Waals surface area contributed by atoms with Crippen molar-refractivity contribution in [3.05, 3.63) is 57.5 Å². The number of ether oxygens (including phenoxy) is 1. The molecule has 1 amide bonds. The molecule has 0 saturated carbocycles. The number of nitrogens with zero attached hydrogens (tertiary/aromatic N) is 1. The van der Waals surface area contributed by atoms with Crippen LogP contribution >= 0.6 is 11.3 Å². The maximum absolute atomic E-state index is 13.1. The maximum atomic E-state index is 13.1. The number of methoxy groups -OCH3 is 1. The van der Waals surface area contributed by atoms with Gasteiger partial charge in [0.1, 0.15) is 5.82 Å². The van der Waals surface area contributed by atoms with Crippen LogP contribution in [0.15, 0.2) is 35.7 Å². The van der Waals surface area contributed by atoms with Crippen LogP contribution in [0.1, 0.15) is 22.4 Å². The molecule has 1 aromatic heterocycles. The predicted molar refractivity (Wildman–Crippen MR) is 97.9 cm³/mol. The topological polar surface area (TPSA) is 46.1 Å². The highest BCUT2D eigenvalue weighted by molar-refractivity contribution is 7.10. The van der Waals surface area contributed by atoms with Gasteiger partial charge in [-0.25, -0.2) is 4.39 Å². The van der Waals surface area contributed by atoms with E-state index in [1.165, 1.54) is 22.6 Å². The van der Waals surface area contributed by atoms with Crippen LogP contribution < -0.4 is 5.32 Å². The zero-order valence-electron chi connectivity index (χ0n) is 14.8. The molecule has 1 heterocycles. The quantitative estimate of drug-likeness (QED) is 0.657. The molecule has 1 aromatic carbocycles. The van der Waals surface area contributed by atoms with Gasteiger partial charge in [0.25, 0.3) is 5.91 Å². The normalized spacial score (nSPS) is 10.8. The lowest BCUT2D eigenvalue weighted by atomic mass is 10.2. The molecule has 0 atom stereocenters. The average Bonchev–Trinajstić information content (AvgIpc) is 3.00. The summed E-state index contributed by atoms with van der Waals surface area (Å²) in [6.07, 6.45) is 0.922. The highest BCUT2D eigenvalue weighted by Crippen LogP contribution is 2.19. The molecular weight excluding hydrogens is 339 g/mol. The van der Waals surface area contributed by atoms with Crippen molar-refractivity contribution in [2.45, 2.75) is 26.4 Å². The fourth-order valence-electron chi connectivity index (χ4n) is 2.51. The van der Waals surface area contributed by atoms with Gasteiger partial charge in [-0.1, -0.05) is 12.1 Å². The Balaban J connectivity index is 1.99. The molecule has 0 unspecified atom stereocenters. The summed E-state index contributed by atoms with van der Waals surface area (Å²) in [5.74, 6) is -0.170. The first-order chi connectivity index (χ1) is 12.1. The Morgan fingerprint density at radius 3 is 2.64 bits per heavy atom. The van der Waals surface area contributed by atoms with Gasteiger partial charge in [-0.2, -0.15) is 0 Å². The van der Waals surface area contributed by atoms with Gasteiger partial charge in [-0.05, 0) is 41.6 Å². The van der Waals surface area contributed by atoms with E-state index in [9.17, 15) is 9.18 Å². The second kappa shape index (κ2) is 10.3. The smallest absolute Gasteiger partial charge is 0.278 e. The third kappa shape index (κ3) is 6.57. The Hall–Kier alpha value is -1.76. The van der Waals surface area contributed by atoms with Crippen molar-refractivity contribution in [1.82, 2.24) is 4.90 Å². The second-order valence-electron chi connectivity index (χ2n) is 6.03. The van der Waals surface area contributed by atoms with Crippen LogP contribution in [0, 0.1) is 12.7 Å². The Bertz CT molecular complexity index is 658. The number of thiophene rings is 1. The minimum Gasteiger partial charge on any atom is -0.384 e. The molecule has 0 spiro atoms. The van der Waals surface area contributed by atoms with Gasteiger partial charge in [-0.15, -0.1) is 11.3 Å². The van der Waals surface area contributed by atoms with Gasteiger partial charge < -0.3 is 15.0 Å². The number of halogens is 1. The van der Waals surface area contributed by atoms with E-state index in [-0.39, 0.29) is 11.7 Å². The van der Waals surface area contributed by atoms with E-state index in [1.807, 2.05) is 15.6 Å². The number of benzene rings is 1. The summed E-state index contributed by atoms with van der Waals surface area (Å²) < 4.78 is 18.1. The molecule has 25 heavy (non-hydrogen) atoms. The molecule has 136 valence electrons. The molecule has 0 fully saturated rings. The first kappa shape index (κ1) is 19.6. The summed E-state index contributed by atoms with van der Waals surface area (Å²) in [5, 5.41) is 4.06. The van der Waals surface area contributed by atoms with Crippen LogP contribution in [0.3, 0.4) is 0 Å². The van der Waals surface area contributed by atoms with Crippen LogP contribution in [-0.4, -0.2) is 37.6 Å². The number of hydrogen-bond donors (Lipinski definition) is 1. The molecule has 0 aliphatic carbocycles. The monoisotopic (exact) mass is 365 g/mol. The SMILES string of the molecule is COCCC[NH2+]CC(=O)N(Cc1ccc(F)cc1)Cc1sccc1C. The number of rotatable bonds is 10. The van der Waals surface area contributed by atoms with E-state index >= 15 is 0 Å². The molecule has 4 nitrogen and oxygen atoms in total. The number of quaternary nitrogens is 1. The molecule has 2 rings (SSSR count). The van der Waals surface area contributed by atoms with Crippen molar-refractivity contribution >= 4 is 17.2 Å². The van der Waals surface area contributed by atoms with E-state index in [0.717, 1.165) is 18.5 Å². The van der Waals surface area contributed by atoms with E-state index in [4.69, 9.17) is 4.74 Å². The molecule has 0 aliphatic rings. The number of amides is 1. The van der Waals surface area contributed by atoms with Gasteiger partial charge >= 0.3 is 0 Å². The zero-order valence-corrected chi connectivity index (χ0v) is 15.7. The van der Waals surface area contributed by atoms with E-state index in [1.54, 1.807) is 30.6 Å². The number of carbonyl (C=O) groups is 1. The molecule has 6 heteroatoms. The van der Waals surface area contributed by atoms with Crippen molar-refractivity contribution < 1.29 is 19.2 Å². The Kier molecular flexibility index (Phi) is 8.04. The third-order valence-corrected chi connectivity index (χ3v) is 5.03. The van der Waals surface area contributed by atoms with Gasteiger partial charge in [0.15, 0.2) is 6.54 Å². The van der Waals surface area contributed by atoms with Crippen molar-refractivity contribution in [3.8, 4) is 0 Å². The lowest BCUT2D eigenvalue weighted by Crippen LogP contribution is -2.86. The molecule has 2 N–H and O–H groups in total. The minimum atomic E-state index is -0.262. The summed E-state index contributed by atoms with van der Waals surface area (Å²) in [5.41, 5.74) is 2.13. The van der Waals surface area contributed by atoms with Gasteiger partial charge in [0.05, 0.1) is 19.7 Å². The average molecular weight is 365 g/mol. The number of carbonyl (C=O) groups excluding carboxylic acids is 1. The van der Waals surface area contributed by atoms with Gasteiger partial charge in [0.2, 0.25) is 0 Å². The molecule has 0 bridgehead atoms. The van der Waals surface area contributed by atoms with Crippen LogP contribution in [0.4, 0.5) is 4.39 Å². The van der Waals surface area contributed by atoms with Crippen LogP contribution in [0.2, 0.25) is 0 Å². The Morgan fingerprint density at radius 2 is 2.00 bits per heavy atom. The summed E-state index contributed by atoms with van der Waals surface area (Å²) in [6, 6.07) is 8.41.